The van der Waals surface area contributed by atoms with Crippen LogP contribution in [0.5, 0.6) is 0 Å². The van der Waals surface area contributed by atoms with Gasteiger partial charge in [0.05, 0.1) is 0 Å². The summed E-state index contributed by atoms with van der Waals surface area (Å²) in [5, 5.41) is -0.670. The molecule has 0 N–H and O–H groups in total. The van der Waals surface area contributed by atoms with Gasteiger partial charge in [0.15, 0.2) is 5.78 Å². The fraction of sp³-hybridized carbons (Fsp3) is 0.0714. The number of carbonyl (C=O) groups excluding carboxylic acids is 1. The Morgan fingerprint density at radius 2 is 1.72 bits per heavy atom. The normalized spacial score (nSPS) is 12.2. The van der Waals surface area contributed by atoms with Crippen molar-refractivity contribution in [3.63, 3.8) is 0 Å². The van der Waals surface area contributed by atoms with Crippen molar-refractivity contribution in [2.75, 3.05) is 0 Å². The van der Waals surface area contributed by atoms with Crippen molar-refractivity contribution < 1.29 is 4.79 Å². The SMILES string of the molecule is O=C(c1cc(Br)ccc1Br)C(Cl)c1ccccc1. The predicted molar refractivity (Wildman–Crippen MR) is 81.2 cm³/mol. The van der Waals surface area contributed by atoms with Crippen LogP contribution in [0.1, 0.15) is 21.3 Å². The summed E-state index contributed by atoms with van der Waals surface area (Å²) < 4.78 is 1.60. The second-order valence-electron chi connectivity index (χ2n) is 3.76. The number of ketones is 1. The van der Waals surface area contributed by atoms with Crippen molar-refractivity contribution in [2.45, 2.75) is 5.38 Å². The van der Waals surface area contributed by atoms with Crippen molar-refractivity contribution in [2.24, 2.45) is 0 Å². The van der Waals surface area contributed by atoms with Crippen molar-refractivity contribution in [1.82, 2.24) is 0 Å². The molecule has 0 amide bonds. The molecule has 0 bridgehead atoms. The van der Waals surface area contributed by atoms with Gasteiger partial charge in [0.1, 0.15) is 5.38 Å². The second-order valence-corrected chi connectivity index (χ2v) is 5.97. The molecular formula is C14H9Br2ClO. The standard InChI is InChI=1S/C14H9Br2ClO/c15-10-6-7-12(16)11(8-10)14(18)13(17)9-4-2-1-3-5-9/h1-8,13H. The zero-order valence-electron chi connectivity index (χ0n) is 9.24. The molecule has 0 fully saturated rings. The lowest BCUT2D eigenvalue weighted by molar-refractivity contribution is 0.0986. The van der Waals surface area contributed by atoms with Crippen molar-refractivity contribution in [3.05, 3.63) is 68.6 Å². The average Bonchev–Trinajstić information content (AvgIpc) is 2.41. The van der Waals surface area contributed by atoms with E-state index in [1.54, 1.807) is 6.07 Å². The largest absolute Gasteiger partial charge is 0.292 e. The van der Waals surface area contributed by atoms with Gasteiger partial charge in [0.2, 0.25) is 0 Å². The molecule has 0 saturated carbocycles. The van der Waals surface area contributed by atoms with Crippen molar-refractivity contribution in [1.29, 1.82) is 0 Å². The van der Waals surface area contributed by atoms with E-state index in [4.69, 9.17) is 11.6 Å². The van der Waals surface area contributed by atoms with Crippen LogP contribution in [0.4, 0.5) is 0 Å². The molecule has 0 radical (unpaired) electrons. The lowest BCUT2D eigenvalue weighted by Crippen LogP contribution is -2.08. The van der Waals surface area contributed by atoms with Gasteiger partial charge < -0.3 is 0 Å². The van der Waals surface area contributed by atoms with E-state index in [2.05, 4.69) is 31.9 Å². The van der Waals surface area contributed by atoms with E-state index in [0.29, 0.717) is 5.56 Å². The van der Waals surface area contributed by atoms with Crippen molar-refractivity contribution >= 4 is 49.2 Å². The van der Waals surface area contributed by atoms with Gasteiger partial charge in [-0.25, -0.2) is 0 Å². The zero-order chi connectivity index (χ0) is 13.1. The second kappa shape index (κ2) is 6.00. The van der Waals surface area contributed by atoms with Crippen LogP contribution in [-0.2, 0) is 0 Å². The third kappa shape index (κ3) is 3.02. The third-order valence-corrected chi connectivity index (χ3v) is 4.15. The highest BCUT2D eigenvalue weighted by Gasteiger charge is 2.21. The first kappa shape index (κ1) is 13.8. The topological polar surface area (TPSA) is 17.1 Å². The third-order valence-electron chi connectivity index (χ3n) is 2.52. The Morgan fingerprint density at radius 3 is 2.39 bits per heavy atom. The van der Waals surface area contributed by atoms with Gasteiger partial charge in [-0.1, -0.05) is 62.2 Å². The molecule has 2 aromatic carbocycles. The van der Waals surface area contributed by atoms with Crippen LogP contribution < -0.4 is 0 Å². The number of halogens is 3. The van der Waals surface area contributed by atoms with Crippen LogP contribution in [0.25, 0.3) is 0 Å². The van der Waals surface area contributed by atoms with Gasteiger partial charge in [0.25, 0.3) is 0 Å². The maximum Gasteiger partial charge on any atom is 0.186 e. The Bertz CT molecular complexity index is 569. The van der Waals surface area contributed by atoms with Crippen molar-refractivity contribution in [3.8, 4) is 0 Å². The quantitative estimate of drug-likeness (QED) is 0.510. The summed E-state index contributed by atoms with van der Waals surface area (Å²) in [6.07, 6.45) is 0. The van der Waals surface area contributed by atoms with Gasteiger partial charge in [-0.15, -0.1) is 11.6 Å². The Morgan fingerprint density at radius 1 is 1.06 bits per heavy atom. The molecule has 0 saturated heterocycles. The molecule has 4 heteroatoms. The number of rotatable bonds is 3. The number of hydrogen-bond donors (Lipinski definition) is 0. The summed E-state index contributed by atoms with van der Waals surface area (Å²) in [6, 6.07) is 14.8. The fourth-order valence-corrected chi connectivity index (χ4v) is 2.66. The fourth-order valence-electron chi connectivity index (χ4n) is 1.60. The van der Waals surface area contributed by atoms with E-state index in [9.17, 15) is 4.79 Å². The lowest BCUT2D eigenvalue weighted by atomic mass is 10.0. The van der Waals surface area contributed by atoms with Gasteiger partial charge in [-0.05, 0) is 23.8 Å². The highest BCUT2D eigenvalue weighted by Crippen LogP contribution is 2.30. The molecule has 92 valence electrons. The molecule has 1 unspecified atom stereocenters. The number of Topliss-reactive ketones (excluding diaryl/α,β-unsaturated/α-hetero) is 1. The molecule has 2 rings (SSSR count). The average molecular weight is 388 g/mol. The molecule has 18 heavy (non-hydrogen) atoms. The van der Waals surface area contributed by atoms with Crippen LogP contribution in [0.2, 0.25) is 0 Å². The summed E-state index contributed by atoms with van der Waals surface area (Å²) in [5.74, 6) is -0.115. The minimum atomic E-state index is -0.670. The van der Waals surface area contributed by atoms with E-state index in [1.165, 1.54) is 0 Å². The maximum absolute atomic E-state index is 12.3. The minimum Gasteiger partial charge on any atom is -0.292 e. The maximum atomic E-state index is 12.3. The summed E-state index contributed by atoms with van der Waals surface area (Å²) in [7, 11) is 0. The van der Waals surface area contributed by atoms with Gasteiger partial charge >= 0.3 is 0 Å². The summed E-state index contributed by atoms with van der Waals surface area (Å²) in [6.45, 7) is 0. The number of benzene rings is 2. The first-order valence-electron chi connectivity index (χ1n) is 5.28. The molecule has 1 atom stereocenters. The van der Waals surface area contributed by atoms with Crippen LogP contribution in [0.15, 0.2) is 57.5 Å². The van der Waals surface area contributed by atoms with Crippen LogP contribution in [-0.4, -0.2) is 5.78 Å². The Hall–Kier alpha value is -0.640. The smallest absolute Gasteiger partial charge is 0.186 e. The monoisotopic (exact) mass is 386 g/mol. The van der Waals surface area contributed by atoms with Gasteiger partial charge in [0, 0.05) is 14.5 Å². The minimum absolute atomic E-state index is 0.115. The first-order chi connectivity index (χ1) is 8.59. The van der Waals surface area contributed by atoms with E-state index in [1.807, 2.05) is 42.5 Å². The van der Waals surface area contributed by atoms with E-state index in [0.717, 1.165) is 14.5 Å². The molecule has 0 aliphatic heterocycles. The predicted octanol–water partition coefficient (Wildman–Crippen LogP) is 5.37. The van der Waals surface area contributed by atoms with Gasteiger partial charge in [-0.3, -0.25) is 4.79 Å². The van der Waals surface area contributed by atoms with E-state index >= 15 is 0 Å². The van der Waals surface area contributed by atoms with Crippen LogP contribution in [0, 0.1) is 0 Å². The summed E-state index contributed by atoms with van der Waals surface area (Å²) in [4.78, 5) is 12.3. The Kier molecular flexibility index (Phi) is 4.60. The molecule has 0 spiro atoms. The number of carbonyl (C=O) groups is 1. The highest BCUT2D eigenvalue weighted by molar-refractivity contribution is 9.11. The van der Waals surface area contributed by atoms with E-state index in [-0.39, 0.29) is 5.78 Å². The molecule has 0 aliphatic rings. The molecule has 0 aromatic heterocycles. The molecule has 0 aliphatic carbocycles. The van der Waals surface area contributed by atoms with Crippen LogP contribution in [0.3, 0.4) is 0 Å². The Balaban J connectivity index is 2.34. The summed E-state index contributed by atoms with van der Waals surface area (Å²) in [5.41, 5.74) is 1.38. The molecular weight excluding hydrogens is 379 g/mol. The van der Waals surface area contributed by atoms with Crippen LogP contribution >= 0.6 is 43.5 Å². The highest BCUT2D eigenvalue weighted by atomic mass is 79.9. The van der Waals surface area contributed by atoms with Gasteiger partial charge in [-0.2, -0.15) is 0 Å². The van der Waals surface area contributed by atoms with E-state index < -0.39 is 5.38 Å². The zero-order valence-corrected chi connectivity index (χ0v) is 13.2. The lowest BCUT2D eigenvalue weighted by Gasteiger charge is -2.10. The number of alkyl halides is 1. The summed E-state index contributed by atoms with van der Waals surface area (Å²) >= 11 is 13.0. The Labute approximate surface area is 127 Å². The molecule has 1 nitrogen and oxygen atoms in total. The first-order valence-corrected chi connectivity index (χ1v) is 7.30. The molecule has 2 aromatic rings. The number of hydrogen-bond acceptors (Lipinski definition) is 1. The molecule has 0 heterocycles.